The molecule has 0 saturated heterocycles. The lowest BCUT2D eigenvalue weighted by molar-refractivity contribution is 0.297. The largest absolute Gasteiger partial charge is 0.490 e. The monoisotopic (exact) mass is 310 g/mol. The predicted octanol–water partition coefficient (Wildman–Crippen LogP) is 2.74. The van der Waals surface area contributed by atoms with Crippen LogP contribution in [-0.4, -0.2) is 23.4 Å². The minimum atomic E-state index is 0.503. The highest BCUT2D eigenvalue weighted by Gasteiger charge is 2.13. The summed E-state index contributed by atoms with van der Waals surface area (Å²) in [6.45, 7) is 5.58. The van der Waals surface area contributed by atoms with E-state index in [4.69, 9.17) is 9.47 Å². The van der Waals surface area contributed by atoms with Gasteiger partial charge in [0, 0.05) is 13.0 Å². The number of benzene rings is 1. The van der Waals surface area contributed by atoms with Crippen molar-refractivity contribution in [1.82, 2.24) is 10.2 Å². The molecule has 1 aliphatic rings. The number of hydrogen-bond donors (Lipinski definition) is 1. The van der Waals surface area contributed by atoms with E-state index < -0.39 is 0 Å². The van der Waals surface area contributed by atoms with Gasteiger partial charge < -0.3 is 14.8 Å². The highest BCUT2D eigenvalue weighted by Crippen LogP contribution is 2.30. The summed E-state index contributed by atoms with van der Waals surface area (Å²) < 4.78 is 11.3. The molecule has 23 heavy (non-hydrogen) atoms. The number of aryl methyl sites for hydroxylation is 1. The highest BCUT2D eigenvalue weighted by atomic mass is 16.5. The topological polar surface area (TPSA) is 80.1 Å². The SMILES string of the molecule is Cc1nnc(NCc2ccc3c(c2)OCCCO3)c(C#N)c1C. The number of rotatable bonds is 3. The number of hydrogen-bond acceptors (Lipinski definition) is 6. The van der Waals surface area contributed by atoms with E-state index in [1.165, 1.54) is 0 Å². The van der Waals surface area contributed by atoms with Gasteiger partial charge in [-0.25, -0.2) is 0 Å². The molecule has 3 rings (SSSR count). The molecular weight excluding hydrogens is 292 g/mol. The van der Waals surface area contributed by atoms with Gasteiger partial charge in [-0.2, -0.15) is 10.4 Å². The fraction of sp³-hybridized carbons (Fsp3) is 0.353. The molecule has 0 bridgehead atoms. The van der Waals surface area contributed by atoms with E-state index in [0.717, 1.165) is 34.7 Å². The molecule has 1 aromatic carbocycles. The Morgan fingerprint density at radius 3 is 2.74 bits per heavy atom. The van der Waals surface area contributed by atoms with Gasteiger partial charge in [-0.05, 0) is 37.1 Å². The molecule has 1 aliphatic heterocycles. The molecule has 0 spiro atoms. The molecule has 0 unspecified atom stereocenters. The summed E-state index contributed by atoms with van der Waals surface area (Å²) in [5.74, 6) is 2.03. The van der Waals surface area contributed by atoms with Crippen molar-refractivity contribution in [3.63, 3.8) is 0 Å². The van der Waals surface area contributed by atoms with Crippen molar-refractivity contribution in [1.29, 1.82) is 5.26 Å². The zero-order valence-corrected chi connectivity index (χ0v) is 13.2. The second-order valence-corrected chi connectivity index (χ2v) is 5.43. The third-order valence-electron chi connectivity index (χ3n) is 3.84. The number of nitriles is 1. The number of aromatic nitrogens is 2. The average Bonchev–Trinajstić information content (AvgIpc) is 2.80. The summed E-state index contributed by atoms with van der Waals surface area (Å²) in [7, 11) is 0. The van der Waals surface area contributed by atoms with E-state index in [9.17, 15) is 5.26 Å². The van der Waals surface area contributed by atoms with Gasteiger partial charge in [0.2, 0.25) is 0 Å². The van der Waals surface area contributed by atoms with Crippen LogP contribution in [0.5, 0.6) is 11.5 Å². The molecule has 118 valence electrons. The predicted molar refractivity (Wildman–Crippen MR) is 85.6 cm³/mol. The van der Waals surface area contributed by atoms with Gasteiger partial charge in [-0.15, -0.1) is 5.10 Å². The third-order valence-corrected chi connectivity index (χ3v) is 3.84. The maximum atomic E-state index is 9.32. The number of anilines is 1. The first-order valence-electron chi connectivity index (χ1n) is 7.55. The van der Waals surface area contributed by atoms with E-state index in [-0.39, 0.29) is 0 Å². The van der Waals surface area contributed by atoms with Crippen LogP contribution in [0.25, 0.3) is 0 Å². The van der Waals surface area contributed by atoms with E-state index >= 15 is 0 Å². The minimum absolute atomic E-state index is 0.503. The Hall–Kier alpha value is -2.81. The second-order valence-electron chi connectivity index (χ2n) is 5.43. The summed E-state index contributed by atoms with van der Waals surface area (Å²) in [4.78, 5) is 0. The van der Waals surface area contributed by atoms with Gasteiger partial charge in [0.05, 0.1) is 18.9 Å². The van der Waals surface area contributed by atoms with Gasteiger partial charge in [0.25, 0.3) is 0 Å². The Kier molecular flexibility index (Phi) is 4.29. The fourth-order valence-corrected chi connectivity index (χ4v) is 2.37. The van der Waals surface area contributed by atoms with Crippen molar-refractivity contribution in [3.05, 3.63) is 40.6 Å². The molecule has 0 amide bonds. The molecule has 2 aromatic rings. The zero-order chi connectivity index (χ0) is 16.2. The summed E-state index contributed by atoms with van der Waals surface area (Å²) in [6.07, 6.45) is 0.881. The van der Waals surface area contributed by atoms with E-state index in [2.05, 4.69) is 21.6 Å². The highest BCUT2D eigenvalue weighted by molar-refractivity contribution is 5.56. The summed E-state index contributed by atoms with van der Waals surface area (Å²) >= 11 is 0. The van der Waals surface area contributed by atoms with Crippen molar-refractivity contribution in [2.24, 2.45) is 0 Å². The van der Waals surface area contributed by atoms with E-state index in [1.807, 2.05) is 32.0 Å². The second kappa shape index (κ2) is 6.53. The molecule has 1 N–H and O–H groups in total. The lowest BCUT2D eigenvalue weighted by Gasteiger charge is -2.12. The molecule has 0 aliphatic carbocycles. The van der Waals surface area contributed by atoms with Gasteiger partial charge in [0.1, 0.15) is 11.6 Å². The van der Waals surface area contributed by atoms with Crippen LogP contribution in [0.2, 0.25) is 0 Å². The Labute approximate surface area is 135 Å². The van der Waals surface area contributed by atoms with Crippen LogP contribution in [-0.2, 0) is 6.54 Å². The maximum absolute atomic E-state index is 9.32. The van der Waals surface area contributed by atoms with Crippen LogP contribution in [0.15, 0.2) is 18.2 Å². The number of nitrogens with one attached hydrogen (secondary N) is 1. The summed E-state index contributed by atoms with van der Waals surface area (Å²) in [6, 6.07) is 8.03. The van der Waals surface area contributed by atoms with E-state index in [1.54, 1.807) is 0 Å². The molecule has 6 nitrogen and oxygen atoms in total. The van der Waals surface area contributed by atoms with Gasteiger partial charge in [-0.1, -0.05) is 6.07 Å². The van der Waals surface area contributed by atoms with Crippen LogP contribution in [0, 0.1) is 25.2 Å². The van der Waals surface area contributed by atoms with Gasteiger partial charge in [0.15, 0.2) is 17.3 Å². The Morgan fingerprint density at radius 1 is 1.17 bits per heavy atom. The average molecular weight is 310 g/mol. The van der Waals surface area contributed by atoms with Crippen molar-refractivity contribution in [2.45, 2.75) is 26.8 Å². The van der Waals surface area contributed by atoms with Crippen molar-refractivity contribution in [2.75, 3.05) is 18.5 Å². The first-order valence-corrected chi connectivity index (χ1v) is 7.55. The molecule has 1 aromatic heterocycles. The van der Waals surface area contributed by atoms with Gasteiger partial charge in [-0.3, -0.25) is 0 Å². The Balaban J connectivity index is 1.78. The fourth-order valence-electron chi connectivity index (χ4n) is 2.37. The minimum Gasteiger partial charge on any atom is -0.490 e. The normalized spacial score (nSPS) is 13.1. The molecule has 0 saturated carbocycles. The first-order chi connectivity index (χ1) is 11.2. The molecule has 0 radical (unpaired) electrons. The van der Waals surface area contributed by atoms with Gasteiger partial charge >= 0.3 is 0 Å². The first kappa shape index (κ1) is 15.1. The van der Waals surface area contributed by atoms with Crippen LogP contribution < -0.4 is 14.8 Å². The zero-order valence-electron chi connectivity index (χ0n) is 13.2. The quantitative estimate of drug-likeness (QED) is 0.939. The Bertz CT molecular complexity index is 768. The molecule has 0 atom stereocenters. The smallest absolute Gasteiger partial charge is 0.167 e. The van der Waals surface area contributed by atoms with Crippen LogP contribution >= 0.6 is 0 Å². The standard InChI is InChI=1S/C17H18N4O2/c1-11-12(2)20-21-17(14(11)9-18)19-10-13-4-5-15-16(8-13)23-7-3-6-22-15/h4-5,8H,3,6-7,10H2,1-2H3,(H,19,21). The number of fused-ring (bicyclic) bond motifs is 1. The van der Waals surface area contributed by atoms with Crippen molar-refractivity contribution >= 4 is 5.82 Å². The number of nitrogens with zero attached hydrogens (tertiary/aromatic N) is 3. The third kappa shape index (κ3) is 3.19. The van der Waals surface area contributed by atoms with Crippen LogP contribution in [0.3, 0.4) is 0 Å². The Morgan fingerprint density at radius 2 is 1.96 bits per heavy atom. The maximum Gasteiger partial charge on any atom is 0.167 e. The molecule has 2 heterocycles. The summed E-state index contributed by atoms with van der Waals surface area (Å²) in [5, 5.41) is 20.7. The van der Waals surface area contributed by atoms with Crippen LogP contribution in [0.1, 0.15) is 28.8 Å². The van der Waals surface area contributed by atoms with Crippen molar-refractivity contribution in [3.8, 4) is 17.6 Å². The van der Waals surface area contributed by atoms with Crippen molar-refractivity contribution < 1.29 is 9.47 Å². The van der Waals surface area contributed by atoms with Crippen LogP contribution in [0.4, 0.5) is 5.82 Å². The summed E-state index contributed by atoms with van der Waals surface area (Å²) in [5.41, 5.74) is 3.18. The lowest BCUT2D eigenvalue weighted by atomic mass is 10.1. The molecule has 6 heteroatoms. The molecule has 0 fully saturated rings. The van der Waals surface area contributed by atoms with E-state index in [0.29, 0.717) is 31.1 Å². The number of ether oxygens (including phenoxy) is 2. The lowest BCUT2D eigenvalue weighted by Crippen LogP contribution is -2.07. The molecular formula is C17H18N4O2.